The molecule has 1 unspecified atom stereocenters. The van der Waals surface area contributed by atoms with Gasteiger partial charge in [-0.25, -0.2) is 0 Å². The van der Waals surface area contributed by atoms with E-state index in [1.54, 1.807) is 18.5 Å². The third kappa shape index (κ3) is 3.67. The summed E-state index contributed by atoms with van der Waals surface area (Å²) in [5.41, 5.74) is 1.43. The van der Waals surface area contributed by atoms with E-state index >= 15 is 0 Å². The fraction of sp³-hybridized carbons (Fsp3) is 0.294. The molecule has 1 amide bonds. The van der Waals surface area contributed by atoms with Gasteiger partial charge in [0.05, 0.1) is 11.9 Å². The predicted molar refractivity (Wildman–Crippen MR) is 82.8 cm³/mol. The SMILES string of the molecule is CC(C)(C)C(=O)Nc1cnccc1C(O)c1ccccc1. The number of aromatic nitrogens is 1. The number of hydrogen-bond acceptors (Lipinski definition) is 3. The van der Waals surface area contributed by atoms with Gasteiger partial charge in [0.15, 0.2) is 0 Å². The van der Waals surface area contributed by atoms with Crippen LogP contribution in [-0.2, 0) is 4.79 Å². The average molecular weight is 284 g/mol. The maximum absolute atomic E-state index is 12.1. The van der Waals surface area contributed by atoms with Crippen molar-refractivity contribution < 1.29 is 9.90 Å². The van der Waals surface area contributed by atoms with Crippen LogP contribution in [0.2, 0.25) is 0 Å². The van der Waals surface area contributed by atoms with Crippen LogP contribution >= 0.6 is 0 Å². The summed E-state index contributed by atoms with van der Waals surface area (Å²) in [7, 11) is 0. The smallest absolute Gasteiger partial charge is 0.229 e. The molecule has 0 bridgehead atoms. The van der Waals surface area contributed by atoms with Gasteiger partial charge in [-0.15, -0.1) is 0 Å². The zero-order valence-corrected chi connectivity index (χ0v) is 12.5. The van der Waals surface area contributed by atoms with E-state index in [1.807, 2.05) is 51.1 Å². The first-order chi connectivity index (χ1) is 9.89. The molecule has 4 heteroatoms. The third-order valence-corrected chi connectivity index (χ3v) is 3.19. The normalized spacial score (nSPS) is 12.8. The van der Waals surface area contributed by atoms with Crippen LogP contribution in [-0.4, -0.2) is 16.0 Å². The van der Waals surface area contributed by atoms with Crippen LogP contribution in [0, 0.1) is 5.41 Å². The molecule has 1 aromatic heterocycles. The highest BCUT2D eigenvalue weighted by Gasteiger charge is 2.23. The zero-order valence-electron chi connectivity index (χ0n) is 12.5. The number of aliphatic hydroxyl groups is 1. The number of carbonyl (C=O) groups excluding carboxylic acids is 1. The lowest BCUT2D eigenvalue weighted by Gasteiger charge is -2.21. The van der Waals surface area contributed by atoms with Crippen molar-refractivity contribution in [1.29, 1.82) is 0 Å². The van der Waals surface area contributed by atoms with Crippen LogP contribution < -0.4 is 5.32 Å². The van der Waals surface area contributed by atoms with Crippen molar-refractivity contribution in [3.05, 3.63) is 59.9 Å². The average Bonchev–Trinajstić information content (AvgIpc) is 2.47. The second kappa shape index (κ2) is 6.06. The lowest BCUT2D eigenvalue weighted by atomic mass is 9.95. The summed E-state index contributed by atoms with van der Waals surface area (Å²) in [6.07, 6.45) is 2.36. The summed E-state index contributed by atoms with van der Waals surface area (Å²) in [6.45, 7) is 5.52. The Morgan fingerprint density at radius 3 is 2.48 bits per heavy atom. The van der Waals surface area contributed by atoms with Crippen molar-refractivity contribution in [3.63, 3.8) is 0 Å². The van der Waals surface area contributed by atoms with Crippen molar-refractivity contribution in [3.8, 4) is 0 Å². The molecule has 2 rings (SSSR count). The van der Waals surface area contributed by atoms with Crippen molar-refractivity contribution in [2.24, 2.45) is 5.41 Å². The molecule has 1 aromatic carbocycles. The first-order valence-electron chi connectivity index (χ1n) is 6.88. The van der Waals surface area contributed by atoms with Crippen LogP contribution in [0.15, 0.2) is 48.8 Å². The monoisotopic (exact) mass is 284 g/mol. The maximum atomic E-state index is 12.1. The number of nitrogens with zero attached hydrogens (tertiary/aromatic N) is 1. The second-order valence-electron chi connectivity index (χ2n) is 5.98. The number of carbonyl (C=O) groups is 1. The number of aliphatic hydroxyl groups excluding tert-OH is 1. The minimum atomic E-state index is -0.801. The van der Waals surface area contributed by atoms with Crippen molar-refractivity contribution >= 4 is 11.6 Å². The summed E-state index contributed by atoms with van der Waals surface area (Å²) in [6, 6.07) is 11.0. The molecule has 0 aliphatic rings. The Kier molecular flexibility index (Phi) is 4.38. The predicted octanol–water partition coefficient (Wildman–Crippen LogP) is 3.15. The van der Waals surface area contributed by atoms with E-state index in [-0.39, 0.29) is 5.91 Å². The molecule has 21 heavy (non-hydrogen) atoms. The molecule has 0 spiro atoms. The molecule has 0 saturated carbocycles. The second-order valence-corrected chi connectivity index (χ2v) is 5.98. The number of hydrogen-bond donors (Lipinski definition) is 2. The first kappa shape index (κ1) is 15.2. The van der Waals surface area contributed by atoms with E-state index in [9.17, 15) is 9.90 Å². The number of benzene rings is 1. The largest absolute Gasteiger partial charge is 0.384 e. The van der Waals surface area contributed by atoms with E-state index < -0.39 is 11.5 Å². The molecule has 1 heterocycles. The zero-order chi connectivity index (χ0) is 15.5. The van der Waals surface area contributed by atoms with Crippen LogP contribution in [0.4, 0.5) is 5.69 Å². The molecule has 1 atom stereocenters. The van der Waals surface area contributed by atoms with E-state index in [1.165, 1.54) is 0 Å². The number of amides is 1. The number of pyridine rings is 1. The number of rotatable bonds is 3. The Bertz CT molecular complexity index is 618. The molecule has 0 aliphatic heterocycles. The van der Waals surface area contributed by atoms with Gasteiger partial charge in [-0.2, -0.15) is 0 Å². The van der Waals surface area contributed by atoms with E-state index in [4.69, 9.17) is 0 Å². The van der Waals surface area contributed by atoms with Gasteiger partial charge < -0.3 is 10.4 Å². The van der Waals surface area contributed by atoms with Gasteiger partial charge in [-0.05, 0) is 11.6 Å². The van der Waals surface area contributed by atoms with E-state index in [0.717, 1.165) is 5.56 Å². The minimum Gasteiger partial charge on any atom is -0.384 e. The maximum Gasteiger partial charge on any atom is 0.229 e. The summed E-state index contributed by atoms with van der Waals surface area (Å²) in [5, 5.41) is 13.3. The first-order valence-corrected chi connectivity index (χ1v) is 6.88. The van der Waals surface area contributed by atoms with Crippen molar-refractivity contribution in [2.45, 2.75) is 26.9 Å². The molecule has 0 fully saturated rings. The molecule has 110 valence electrons. The molecular formula is C17H20N2O2. The van der Waals surface area contributed by atoms with Gasteiger partial charge in [0, 0.05) is 17.2 Å². The molecule has 0 radical (unpaired) electrons. The van der Waals surface area contributed by atoms with Gasteiger partial charge >= 0.3 is 0 Å². The number of anilines is 1. The Morgan fingerprint density at radius 1 is 1.19 bits per heavy atom. The molecule has 0 saturated heterocycles. The van der Waals surface area contributed by atoms with Gasteiger partial charge in [0.1, 0.15) is 6.10 Å². The quantitative estimate of drug-likeness (QED) is 0.910. The Balaban J connectivity index is 2.31. The Hall–Kier alpha value is -2.20. The molecule has 0 aliphatic carbocycles. The highest BCUT2D eigenvalue weighted by molar-refractivity contribution is 5.95. The fourth-order valence-electron chi connectivity index (χ4n) is 1.87. The highest BCUT2D eigenvalue weighted by atomic mass is 16.3. The summed E-state index contributed by atoms with van der Waals surface area (Å²) < 4.78 is 0. The molecular weight excluding hydrogens is 264 g/mol. The van der Waals surface area contributed by atoms with Crippen LogP contribution in [0.25, 0.3) is 0 Å². The van der Waals surface area contributed by atoms with E-state index in [0.29, 0.717) is 11.3 Å². The van der Waals surface area contributed by atoms with E-state index in [2.05, 4.69) is 10.3 Å². The van der Waals surface area contributed by atoms with Crippen LogP contribution in [0.5, 0.6) is 0 Å². The van der Waals surface area contributed by atoms with Crippen molar-refractivity contribution in [1.82, 2.24) is 4.98 Å². The highest BCUT2D eigenvalue weighted by Crippen LogP contribution is 2.28. The third-order valence-electron chi connectivity index (χ3n) is 3.19. The number of nitrogens with one attached hydrogen (secondary N) is 1. The van der Waals surface area contributed by atoms with Gasteiger partial charge in [-0.1, -0.05) is 51.1 Å². The van der Waals surface area contributed by atoms with Crippen LogP contribution in [0.3, 0.4) is 0 Å². The van der Waals surface area contributed by atoms with Crippen molar-refractivity contribution in [2.75, 3.05) is 5.32 Å². The van der Waals surface area contributed by atoms with Gasteiger partial charge in [0.2, 0.25) is 5.91 Å². The van der Waals surface area contributed by atoms with Gasteiger partial charge in [-0.3, -0.25) is 9.78 Å². The Morgan fingerprint density at radius 2 is 1.86 bits per heavy atom. The minimum absolute atomic E-state index is 0.114. The Labute approximate surface area is 124 Å². The molecule has 4 nitrogen and oxygen atoms in total. The van der Waals surface area contributed by atoms with Gasteiger partial charge in [0.25, 0.3) is 0 Å². The standard InChI is InChI=1S/C17H20N2O2/c1-17(2,3)16(21)19-14-11-18-10-9-13(14)15(20)12-7-5-4-6-8-12/h4-11,15,20H,1-3H3,(H,19,21). The summed E-state index contributed by atoms with van der Waals surface area (Å²) >= 11 is 0. The summed E-state index contributed by atoms with van der Waals surface area (Å²) in [4.78, 5) is 16.2. The molecule has 2 aromatic rings. The van der Waals surface area contributed by atoms with Crippen LogP contribution in [0.1, 0.15) is 38.0 Å². The lowest BCUT2D eigenvalue weighted by molar-refractivity contribution is -0.123. The topological polar surface area (TPSA) is 62.2 Å². The molecule has 2 N–H and O–H groups in total. The fourth-order valence-corrected chi connectivity index (χ4v) is 1.87. The lowest BCUT2D eigenvalue weighted by Crippen LogP contribution is -2.28. The summed E-state index contributed by atoms with van der Waals surface area (Å²) in [5.74, 6) is -0.114.